The third-order valence-corrected chi connectivity index (χ3v) is 2.81. The summed E-state index contributed by atoms with van der Waals surface area (Å²) in [7, 11) is 0. The molecule has 18 heavy (non-hydrogen) atoms. The molecule has 0 aliphatic carbocycles. The van der Waals surface area contributed by atoms with Crippen LogP contribution < -0.4 is 16.0 Å². The number of hydrogen-bond donors (Lipinski definition) is 2. The highest BCUT2D eigenvalue weighted by molar-refractivity contribution is 5.96. The van der Waals surface area contributed by atoms with Gasteiger partial charge < -0.3 is 16.0 Å². The summed E-state index contributed by atoms with van der Waals surface area (Å²) in [5.74, 6) is -0.0807. The molecule has 0 unspecified atom stereocenters. The number of anilines is 2. The Labute approximate surface area is 109 Å². The average Bonchev–Trinajstić information content (AvgIpc) is 2.31. The normalized spacial score (nSPS) is 10.5. The number of carbonyl (C=O) groups excluding carboxylic acids is 1. The molecule has 0 heterocycles. The fourth-order valence-corrected chi connectivity index (χ4v) is 1.89. The molecule has 0 atom stereocenters. The smallest absolute Gasteiger partial charge is 0.251 e. The number of nitrogens with zero attached hydrogens (tertiary/aromatic N) is 1. The largest absolute Gasteiger partial charge is 0.397 e. The van der Waals surface area contributed by atoms with Crippen LogP contribution in [0.2, 0.25) is 0 Å². The minimum absolute atomic E-state index is 0.0807. The molecule has 0 aliphatic rings. The minimum atomic E-state index is -0.0807. The molecule has 0 fully saturated rings. The van der Waals surface area contributed by atoms with Crippen molar-refractivity contribution in [2.45, 2.75) is 33.7 Å². The predicted octanol–water partition coefficient (Wildman–Crippen LogP) is 2.25. The summed E-state index contributed by atoms with van der Waals surface area (Å²) in [6, 6.07) is 5.60. The van der Waals surface area contributed by atoms with E-state index in [4.69, 9.17) is 5.73 Å². The number of benzene rings is 1. The van der Waals surface area contributed by atoms with Crippen LogP contribution in [-0.2, 0) is 0 Å². The SMILES string of the molecule is CCN(CC)c1ccc(C(=O)NC(C)C)cc1N. The Morgan fingerprint density at radius 2 is 1.94 bits per heavy atom. The monoisotopic (exact) mass is 249 g/mol. The predicted molar refractivity (Wildman–Crippen MR) is 77.0 cm³/mol. The van der Waals surface area contributed by atoms with E-state index < -0.39 is 0 Å². The summed E-state index contributed by atoms with van der Waals surface area (Å²) in [6.07, 6.45) is 0. The van der Waals surface area contributed by atoms with E-state index in [2.05, 4.69) is 24.1 Å². The topological polar surface area (TPSA) is 58.4 Å². The van der Waals surface area contributed by atoms with Gasteiger partial charge in [0.1, 0.15) is 0 Å². The second-order valence-electron chi connectivity index (χ2n) is 4.57. The van der Waals surface area contributed by atoms with Gasteiger partial charge >= 0.3 is 0 Å². The minimum Gasteiger partial charge on any atom is -0.397 e. The highest BCUT2D eigenvalue weighted by Gasteiger charge is 2.11. The number of rotatable bonds is 5. The molecule has 1 rings (SSSR count). The standard InChI is InChI=1S/C14H23N3O/c1-5-17(6-2)13-8-7-11(9-12(13)15)14(18)16-10(3)4/h7-10H,5-6,15H2,1-4H3,(H,16,18). The van der Waals surface area contributed by atoms with Gasteiger partial charge in [-0.2, -0.15) is 0 Å². The van der Waals surface area contributed by atoms with Crippen molar-refractivity contribution >= 4 is 17.3 Å². The lowest BCUT2D eigenvalue weighted by Crippen LogP contribution is -2.30. The quantitative estimate of drug-likeness (QED) is 0.787. The Morgan fingerprint density at radius 3 is 2.39 bits per heavy atom. The van der Waals surface area contributed by atoms with Gasteiger partial charge in [-0.25, -0.2) is 0 Å². The van der Waals surface area contributed by atoms with Crippen molar-refractivity contribution in [1.82, 2.24) is 5.32 Å². The first kappa shape index (κ1) is 14.4. The van der Waals surface area contributed by atoms with E-state index in [1.165, 1.54) is 0 Å². The van der Waals surface area contributed by atoms with Crippen molar-refractivity contribution in [3.05, 3.63) is 23.8 Å². The lowest BCUT2D eigenvalue weighted by atomic mass is 10.1. The average molecular weight is 249 g/mol. The molecule has 3 N–H and O–H groups in total. The molecule has 1 amide bonds. The summed E-state index contributed by atoms with van der Waals surface area (Å²) in [5.41, 5.74) is 8.26. The van der Waals surface area contributed by atoms with E-state index in [9.17, 15) is 4.79 Å². The van der Waals surface area contributed by atoms with Gasteiger partial charge in [0.2, 0.25) is 0 Å². The van der Waals surface area contributed by atoms with Crippen molar-refractivity contribution in [2.24, 2.45) is 0 Å². The van der Waals surface area contributed by atoms with Crippen LogP contribution in [0.25, 0.3) is 0 Å². The van der Waals surface area contributed by atoms with Crippen LogP contribution in [-0.4, -0.2) is 25.0 Å². The maximum absolute atomic E-state index is 11.8. The zero-order valence-electron chi connectivity index (χ0n) is 11.7. The van der Waals surface area contributed by atoms with Crippen LogP contribution in [0.3, 0.4) is 0 Å². The van der Waals surface area contributed by atoms with Crippen LogP contribution in [0.1, 0.15) is 38.1 Å². The molecule has 0 saturated heterocycles. The summed E-state index contributed by atoms with van der Waals surface area (Å²) >= 11 is 0. The van der Waals surface area contributed by atoms with Crippen molar-refractivity contribution in [3.63, 3.8) is 0 Å². The van der Waals surface area contributed by atoms with Gasteiger partial charge in [-0.3, -0.25) is 4.79 Å². The Bertz CT molecular complexity index is 412. The van der Waals surface area contributed by atoms with E-state index in [1.54, 1.807) is 6.07 Å². The number of nitrogens with two attached hydrogens (primary N) is 1. The number of carbonyl (C=O) groups is 1. The summed E-state index contributed by atoms with van der Waals surface area (Å²) in [4.78, 5) is 14.0. The Morgan fingerprint density at radius 1 is 1.33 bits per heavy atom. The number of nitrogens with one attached hydrogen (secondary N) is 1. The van der Waals surface area contributed by atoms with Crippen molar-refractivity contribution in [2.75, 3.05) is 23.7 Å². The molecule has 0 radical (unpaired) electrons. The third-order valence-electron chi connectivity index (χ3n) is 2.81. The van der Waals surface area contributed by atoms with Gasteiger partial charge in [0.25, 0.3) is 5.91 Å². The molecule has 0 bridgehead atoms. The highest BCUT2D eigenvalue weighted by Crippen LogP contribution is 2.24. The first-order chi connectivity index (χ1) is 8.49. The van der Waals surface area contributed by atoms with Gasteiger partial charge in [0.05, 0.1) is 11.4 Å². The molecule has 1 aromatic rings. The molecule has 4 nitrogen and oxygen atoms in total. The number of amides is 1. The fourth-order valence-electron chi connectivity index (χ4n) is 1.89. The van der Waals surface area contributed by atoms with E-state index in [0.29, 0.717) is 11.3 Å². The van der Waals surface area contributed by atoms with Gasteiger partial charge in [0.15, 0.2) is 0 Å². The maximum atomic E-state index is 11.8. The molecular weight excluding hydrogens is 226 g/mol. The zero-order chi connectivity index (χ0) is 13.7. The summed E-state index contributed by atoms with van der Waals surface area (Å²) < 4.78 is 0. The van der Waals surface area contributed by atoms with Gasteiger partial charge in [-0.1, -0.05) is 0 Å². The number of hydrogen-bond acceptors (Lipinski definition) is 3. The van der Waals surface area contributed by atoms with Crippen molar-refractivity contribution in [1.29, 1.82) is 0 Å². The molecule has 4 heteroatoms. The Balaban J connectivity index is 2.95. The molecule has 0 saturated carbocycles. The van der Waals surface area contributed by atoms with E-state index in [1.807, 2.05) is 26.0 Å². The maximum Gasteiger partial charge on any atom is 0.251 e. The van der Waals surface area contributed by atoms with Gasteiger partial charge in [-0.15, -0.1) is 0 Å². The van der Waals surface area contributed by atoms with Crippen molar-refractivity contribution in [3.8, 4) is 0 Å². The first-order valence-electron chi connectivity index (χ1n) is 6.44. The second-order valence-corrected chi connectivity index (χ2v) is 4.57. The van der Waals surface area contributed by atoms with Crippen LogP contribution in [0, 0.1) is 0 Å². The lowest BCUT2D eigenvalue weighted by Gasteiger charge is -2.23. The molecule has 0 spiro atoms. The molecule has 100 valence electrons. The van der Waals surface area contributed by atoms with Crippen LogP contribution in [0.15, 0.2) is 18.2 Å². The van der Waals surface area contributed by atoms with Gasteiger partial charge in [-0.05, 0) is 45.9 Å². The van der Waals surface area contributed by atoms with E-state index >= 15 is 0 Å². The highest BCUT2D eigenvalue weighted by atomic mass is 16.1. The van der Waals surface area contributed by atoms with Crippen LogP contribution in [0.5, 0.6) is 0 Å². The molecule has 1 aromatic carbocycles. The lowest BCUT2D eigenvalue weighted by molar-refractivity contribution is 0.0943. The Hall–Kier alpha value is -1.71. The second kappa shape index (κ2) is 6.28. The fraction of sp³-hybridized carbons (Fsp3) is 0.500. The summed E-state index contributed by atoms with van der Waals surface area (Å²) in [6.45, 7) is 9.85. The summed E-state index contributed by atoms with van der Waals surface area (Å²) in [5, 5.41) is 2.85. The van der Waals surface area contributed by atoms with Crippen molar-refractivity contribution < 1.29 is 4.79 Å². The van der Waals surface area contributed by atoms with Crippen LogP contribution in [0.4, 0.5) is 11.4 Å². The van der Waals surface area contributed by atoms with Gasteiger partial charge in [0, 0.05) is 24.7 Å². The molecule has 0 aromatic heterocycles. The Kier molecular flexibility index (Phi) is 5.01. The molecule has 0 aliphatic heterocycles. The number of nitrogen functional groups attached to an aromatic ring is 1. The van der Waals surface area contributed by atoms with Crippen LogP contribution >= 0.6 is 0 Å². The van der Waals surface area contributed by atoms with E-state index in [0.717, 1.165) is 18.8 Å². The molecular formula is C14H23N3O. The zero-order valence-corrected chi connectivity index (χ0v) is 11.7. The first-order valence-corrected chi connectivity index (χ1v) is 6.44. The third kappa shape index (κ3) is 3.39. The van der Waals surface area contributed by atoms with E-state index in [-0.39, 0.29) is 11.9 Å².